The minimum atomic E-state index is -0.445. The van der Waals surface area contributed by atoms with Gasteiger partial charge in [-0.05, 0) is 43.5 Å². The molecule has 5 heteroatoms. The van der Waals surface area contributed by atoms with Crippen molar-refractivity contribution in [3.05, 3.63) is 82.2 Å². The lowest BCUT2D eigenvalue weighted by Gasteiger charge is -2.13. The van der Waals surface area contributed by atoms with Crippen LogP contribution in [0.4, 0.5) is 0 Å². The number of aryl methyl sites for hydroxylation is 1. The zero-order valence-electron chi connectivity index (χ0n) is 18.0. The molecule has 0 fully saturated rings. The summed E-state index contributed by atoms with van der Waals surface area (Å²) in [5, 5.41) is 0. The van der Waals surface area contributed by atoms with Crippen LogP contribution >= 0.6 is 0 Å². The number of rotatable bonds is 7. The average Bonchev–Trinajstić information content (AvgIpc) is 3.00. The molecule has 0 saturated heterocycles. The number of hydrogen-bond acceptors (Lipinski definition) is 3. The van der Waals surface area contributed by atoms with E-state index in [0.717, 1.165) is 35.4 Å². The third kappa shape index (κ3) is 4.15. The van der Waals surface area contributed by atoms with Gasteiger partial charge in [-0.1, -0.05) is 55.3 Å². The lowest BCUT2D eigenvalue weighted by Crippen LogP contribution is -2.13. The molecule has 0 spiro atoms. The minimum absolute atomic E-state index is 0.390. The molecule has 2 aromatic carbocycles. The lowest BCUT2D eigenvalue weighted by atomic mass is 9.97. The number of carbonyl (C=O) groups excluding carboxylic acids is 2. The normalized spacial score (nSPS) is 10.8. The number of esters is 1. The number of benzene rings is 2. The van der Waals surface area contributed by atoms with Crippen LogP contribution in [0.5, 0.6) is 0 Å². The molecule has 156 valence electrons. The zero-order chi connectivity index (χ0) is 21.8. The molecule has 30 heavy (non-hydrogen) atoms. The third-order valence-electron chi connectivity index (χ3n) is 5.38. The van der Waals surface area contributed by atoms with Gasteiger partial charge in [0.25, 0.3) is 5.91 Å². The molecule has 1 aromatic heterocycles. The fourth-order valence-corrected chi connectivity index (χ4v) is 4.00. The zero-order valence-corrected chi connectivity index (χ0v) is 18.0. The van der Waals surface area contributed by atoms with Gasteiger partial charge in [0.1, 0.15) is 0 Å². The van der Waals surface area contributed by atoms with Crippen molar-refractivity contribution in [1.29, 1.82) is 0 Å². The number of methoxy groups -OCH3 is 1. The molecule has 0 aliphatic heterocycles. The highest BCUT2D eigenvalue weighted by atomic mass is 16.5. The molecule has 2 N–H and O–H groups in total. The first-order valence-corrected chi connectivity index (χ1v) is 10.1. The molecule has 1 heterocycles. The highest BCUT2D eigenvalue weighted by Gasteiger charge is 2.24. The van der Waals surface area contributed by atoms with Crippen molar-refractivity contribution < 1.29 is 14.3 Å². The molecule has 3 rings (SSSR count). The molecule has 0 unspecified atom stereocenters. The number of nitrogens with two attached hydrogens (primary N) is 1. The number of primary amides is 1. The summed E-state index contributed by atoms with van der Waals surface area (Å²) in [5.74, 6) is -0.835. The molecule has 0 bridgehead atoms. The van der Waals surface area contributed by atoms with Crippen molar-refractivity contribution in [3.8, 4) is 11.1 Å². The van der Waals surface area contributed by atoms with E-state index in [1.54, 1.807) is 12.1 Å². The molecular weight excluding hydrogens is 376 g/mol. The monoisotopic (exact) mass is 404 g/mol. The van der Waals surface area contributed by atoms with Gasteiger partial charge < -0.3 is 15.0 Å². The maximum Gasteiger partial charge on any atom is 0.337 e. The first-order valence-electron chi connectivity index (χ1n) is 10.1. The molecule has 0 atom stereocenters. The summed E-state index contributed by atoms with van der Waals surface area (Å²) >= 11 is 0. The lowest BCUT2D eigenvalue weighted by molar-refractivity contribution is 0.0600. The van der Waals surface area contributed by atoms with Crippen LogP contribution in [-0.4, -0.2) is 23.6 Å². The molecule has 1 amide bonds. The molecule has 0 aliphatic carbocycles. The van der Waals surface area contributed by atoms with Crippen LogP contribution in [-0.2, 0) is 17.7 Å². The predicted molar refractivity (Wildman–Crippen MR) is 119 cm³/mol. The quantitative estimate of drug-likeness (QED) is 0.582. The van der Waals surface area contributed by atoms with Crippen LogP contribution in [0.1, 0.15) is 56.6 Å². The standard InChI is InChI=1S/C25H28N2O3/c1-5-7-21-23(19-10-12-20(13-11-19)25(29)30-4)22(24(26)28)17(3)27(21)15-18-9-6-8-16(2)14-18/h6,8-14H,5,7,15H2,1-4H3,(H2,26,28). The van der Waals surface area contributed by atoms with Gasteiger partial charge in [-0.15, -0.1) is 0 Å². The largest absolute Gasteiger partial charge is 0.465 e. The van der Waals surface area contributed by atoms with Crippen molar-refractivity contribution in [3.63, 3.8) is 0 Å². The Balaban J connectivity index is 2.18. The number of ether oxygens (including phenoxy) is 1. The summed E-state index contributed by atoms with van der Waals surface area (Å²) in [6, 6.07) is 15.5. The van der Waals surface area contributed by atoms with Crippen molar-refractivity contribution >= 4 is 11.9 Å². The number of hydrogen-bond donors (Lipinski definition) is 1. The maximum atomic E-state index is 12.4. The van der Waals surface area contributed by atoms with Crippen LogP contribution in [0, 0.1) is 13.8 Å². The Bertz CT molecular complexity index is 1080. The van der Waals surface area contributed by atoms with E-state index in [0.29, 0.717) is 17.7 Å². The Morgan fingerprint density at radius 1 is 1.07 bits per heavy atom. The molecule has 5 nitrogen and oxygen atoms in total. The van der Waals surface area contributed by atoms with Gasteiger partial charge in [-0.3, -0.25) is 4.79 Å². The van der Waals surface area contributed by atoms with E-state index in [9.17, 15) is 9.59 Å². The molecule has 3 aromatic rings. The van der Waals surface area contributed by atoms with Gasteiger partial charge in [0.05, 0.1) is 18.2 Å². The third-order valence-corrected chi connectivity index (χ3v) is 5.38. The molecular formula is C25H28N2O3. The van der Waals surface area contributed by atoms with Gasteiger partial charge >= 0.3 is 5.97 Å². The first-order chi connectivity index (χ1) is 14.4. The Morgan fingerprint density at radius 2 is 1.77 bits per heavy atom. The Hall–Kier alpha value is -3.34. The number of amides is 1. The first kappa shape index (κ1) is 21.4. The molecule has 0 aliphatic rings. The van der Waals surface area contributed by atoms with E-state index in [1.807, 2.05) is 25.1 Å². The topological polar surface area (TPSA) is 74.3 Å². The van der Waals surface area contributed by atoms with Gasteiger partial charge in [0.15, 0.2) is 0 Å². The summed E-state index contributed by atoms with van der Waals surface area (Å²) in [5.41, 5.74) is 12.9. The summed E-state index contributed by atoms with van der Waals surface area (Å²) in [4.78, 5) is 24.2. The van der Waals surface area contributed by atoms with Crippen molar-refractivity contribution in [2.45, 2.75) is 40.2 Å². The molecule has 0 radical (unpaired) electrons. The summed E-state index contributed by atoms with van der Waals surface area (Å²) in [6.45, 7) is 6.81. The van der Waals surface area contributed by atoms with E-state index in [-0.39, 0.29) is 0 Å². The fraction of sp³-hybridized carbons (Fsp3) is 0.280. The maximum absolute atomic E-state index is 12.4. The smallest absolute Gasteiger partial charge is 0.337 e. The Kier molecular flexibility index (Phi) is 6.40. The SMILES string of the molecule is CCCc1c(-c2ccc(C(=O)OC)cc2)c(C(N)=O)c(C)n1Cc1cccc(C)c1. The molecule has 0 saturated carbocycles. The van der Waals surface area contributed by atoms with Gasteiger partial charge in [-0.25, -0.2) is 4.79 Å². The minimum Gasteiger partial charge on any atom is -0.465 e. The van der Waals surface area contributed by atoms with Crippen molar-refractivity contribution in [1.82, 2.24) is 4.57 Å². The van der Waals surface area contributed by atoms with E-state index in [4.69, 9.17) is 10.5 Å². The van der Waals surface area contributed by atoms with Gasteiger partial charge in [0.2, 0.25) is 0 Å². The van der Waals surface area contributed by atoms with E-state index in [1.165, 1.54) is 18.2 Å². The Morgan fingerprint density at radius 3 is 2.33 bits per heavy atom. The second-order valence-corrected chi connectivity index (χ2v) is 7.54. The van der Waals surface area contributed by atoms with Crippen LogP contribution < -0.4 is 5.73 Å². The van der Waals surface area contributed by atoms with Crippen LogP contribution in [0.2, 0.25) is 0 Å². The summed E-state index contributed by atoms with van der Waals surface area (Å²) < 4.78 is 6.98. The fourth-order valence-electron chi connectivity index (χ4n) is 4.00. The van der Waals surface area contributed by atoms with Crippen molar-refractivity contribution in [2.75, 3.05) is 7.11 Å². The summed E-state index contributed by atoms with van der Waals surface area (Å²) in [6.07, 6.45) is 1.75. The van der Waals surface area contributed by atoms with Crippen LogP contribution in [0.3, 0.4) is 0 Å². The van der Waals surface area contributed by atoms with Crippen LogP contribution in [0.15, 0.2) is 48.5 Å². The number of aromatic nitrogens is 1. The number of nitrogens with zero attached hydrogens (tertiary/aromatic N) is 1. The van der Waals surface area contributed by atoms with E-state index in [2.05, 4.69) is 36.6 Å². The summed E-state index contributed by atoms with van der Waals surface area (Å²) in [7, 11) is 1.36. The number of carbonyl (C=O) groups is 2. The average molecular weight is 405 g/mol. The highest BCUT2D eigenvalue weighted by molar-refractivity contribution is 6.02. The second-order valence-electron chi connectivity index (χ2n) is 7.54. The second kappa shape index (κ2) is 8.99. The predicted octanol–water partition coefficient (Wildman–Crippen LogP) is 4.66. The van der Waals surface area contributed by atoms with E-state index >= 15 is 0 Å². The Labute approximate surface area is 177 Å². The highest BCUT2D eigenvalue weighted by Crippen LogP contribution is 2.34. The van der Waals surface area contributed by atoms with Gasteiger partial charge in [-0.2, -0.15) is 0 Å². The van der Waals surface area contributed by atoms with Crippen LogP contribution in [0.25, 0.3) is 11.1 Å². The van der Waals surface area contributed by atoms with E-state index < -0.39 is 11.9 Å². The van der Waals surface area contributed by atoms with Crippen molar-refractivity contribution in [2.24, 2.45) is 5.73 Å². The van der Waals surface area contributed by atoms with Gasteiger partial charge in [0, 0.05) is 23.5 Å².